The molecule has 1 fully saturated rings. The fraction of sp³-hybridized carbons (Fsp3) is 0.552. The highest BCUT2D eigenvalue weighted by molar-refractivity contribution is 6.91. The first-order valence-electron chi connectivity index (χ1n) is 13.4. The minimum absolute atomic E-state index is 0.00746. The second kappa shape index (κ2) is 12.0. The van der Waals surface area contributed by atoms with Gasteiger partial charge < -0.3 is 30.0 Å². The Morgan fingerprint density at radius 3 is 2.59 bits per heavy atom. The van der Waals surface area contributed by atoms with Gasteiger partial charge in [-0.1, -0.05) is 37.3 Å². The third kappa shape index (κ3) is 5.87. The van der Waals surface area contributed by atoms with Crippen molar-refractivity contribution in [3.63, 3.8) is 0 Å². The summed E-state index contributed by atoms with van der Waals surface area (Å²) in [5, 5.41) is 17.8. The SMILES string of the molecule is COc1ccc([Si](C)(C)C(CCO)[C@H]2Oc3ccc(NC(=O)C4CCCNC4)cc3[C@@H](OC)[C@@H]2C)cc1. The lowest BCUT2D eigenvalue weighted by Crippen LogP contribution is -2.54. The van der Waals surface area contributed by atoms with E-state index in [1.165, 1.54) is 5.19 Å². The fourth-order valence-corrected chi connectivity index (χ4v) is 9.58. The number of hydrogen-bond donors (Lipinski definition) is 3. The van der Waals surface area contributed by atoms with Gasteiger partial charge in [0, 0.05) is 37.4 Å². The first-order chi connectivity index (χ1) is 17.8. The van der Waals surface area contributed by atoms with E-state index in [4.69, 9.17) is 14.2 Å². The number of benzene rings is 2. The maximum atomic E-state index is 12.8. The molecule has 0 saturated carbocycles. The smallest absolute Gasteiger partial charge is 0.228 e. The Labute approximate surface area is 221 Å². The van der Waals surface area contributed by atoms with Gasteiger partial charge in [0.2, 0.25) is 5.91 Å². The Bertz CT molecular complexity index is 1050. The van der Waals surface area contributed by atoms with Crippen molar-refractivity contribution >= 4 is 24.9 Å². The highest BCUT2D eigenvalue weighted by atomic mass is 28.3. The van der Waals surface area contributed by atoms with Crippen LogP contribution in [0.4, 0.5) is 5.69 Å². The summed E-state index contributed by atoms with van der Waals surface area (Å²) in [5.74, 6) is 1.74. The van der Waals surface area contributed by atoms with Crippen molar-refractivity contribution < 1.29 is 24.1 Å². The van der Waals surface area contributed by atoms with Crippen molar-refractivity contribution in [3.05, 3.63) is 48.0 Å². The van der Waals surface area contributed by atoms with Crippen LogP contribution in [-0.2, 0) is 9.53 Å². The monoisotopic (exact) mass is 526 g/mol. The van der Waals surface area contributed by atoms with Crippen LogP contribution >= 0.6 is 0 Å². The number of rotatable bonds is 9. The number of anilines is 1. The van der Waals surface area contributed by atoms with Crippen LogP contribution in [0.3, 0.4) is 0 Å². The van der Waals surface area contributed by atoms with Gasteiger partial charge in [-0.15, -0.1) is 0 Å². The lowest BCUT2D eigenvalue weighted by atomic mass is 9.86. The van der Waals surface area contributed by atoms with Crippen LogP contribution < -0.4 is 25.3 Å². The number of carbonyl (C=O) groups excluding carboxylic acids is 1. The zero-order valence-corrected chi connectivity index (χ0v) is 23.8. The van der Waals surface area contributed by atoms with Crippen molar-refractivity contribution in [2.24, 2.45) is 11.8 Å². The lowest BCUT2D eigenvalue weighted by Gasteiger charge is -2.45. The molecule has 37 heavy (non-hydrogen) atoms. The average molecular weight is 527 g/mol. The number of nitrogens with one attached hydrogen (secondary N) is 2. The van der Waals surface area contributed by atoms with Crippen molar-refractivity contribution in [3.8, 4) is 11.5 Å². The Morgan fingerprint density at radius 2 is 1.97 bits per heavy atom. The molecule has 4 rings (SSSR count). The molecule has 0 bridgehead atoms. The molecule has 2 heterocycles. The minimum atomic E-state index is -2.07. The topological polar surface area (TPSA) is 89.0 Å². The van der Waals surface area contributed by atoms with E-state index in [1.54, 1.807) is 14.2 Å². The van der Waals surface area contributed by atoms with Gasteiger partial charge in [-0.3, -0.25) is 4.79 Å². The van der Waals surface area contributed by atoms with Crippen molar-refractivity contribution in [2.75, 3.05) is 39.2 Å². The number of hydrogen-bond acceptors (Lipinski definition) is 6. The Kier molecular flexibility index (Phi) is 8.95. The summed E-state index contributed by atoms with van der Waals surface area (Å²) in [6, 6.07) is 14.2. The maximum absolute atomic E-state index is 12.8. The number of amides is 1. The van der Waals surface area contributed by atoms with Crippen LogP contribution in [0.15, 0.2) is 42.5 Å². The number of methoxy groups -OCH3 is 2. The van der Waals surface area contributed by atoms with Crippen LogP contribution in [0.2, 0.25) is 18.6 Å². The van der Waals surface area contributed by atoms with Crippen molar-refractivity contribution in [1.29, 1.82) is 0 Å². The molecule has 1 saturated heterocycles. The van der Waals surface area contributed by atoms with Crippen LogP contribution in [0.1, 0.15) is 37.9 Å². The largest absolute Gasteiger partial charge is 0.497 e. The number of fused-ring (bicyclic) bond motifs is 1. The van der Waals surface area contributed by atoms with Gasteiger partial charge in [0.25, 0.3) is 0 Å². The molecule has 8 heteroatoms. The summed E-state index contributed by atoms with van der Waals surface area (Å²) >= 11 is 0. The Morgan fingerprint density at radius 1 is 1.22 bits per heavy atom. The minimum Gasteiger partial charge on any atom is -0.497 e. The van der Waals surface area contributed by atoms with Gasteiger partial charge in [-0.2, -0.15) is 0 Å². The van der Waals surface area contributed by atoms with E-state index in [0.29, 0.717) is 6.42 Å². The van der Waals surface area contributed by atoms with E-state index < -0.39 is 8.07 Å². The molecule has 1 amide bonds. The molecule has 5 atom stereocenters. The number of aliphatic hydroxyl groups is 1. The molecule has 7 nitrogen and oxygen atoms in total. The van der Waals surface area contributed by atoms with Crippen molar-refractivity contribution in [2.45, 2.75) is 57.0 Å². The molecule has 2 aromatic carbocycles. The third-order valence-electron chi connectivity index (χ3n) is 8.36. The van der Waals surface area contributed by atoms with Crippen molar-refractivity contribution in [1.82, 2.24) is 5.32 Å². The summed E-state index contributed by atoms with van der Waals surface area (Å²) in [4.78, 5) is 12.8. The highest BCUT2D eigenvalue weighted by Gasteiger charge is 2.47. The summed E-state index contributed by atoms with van der Waals surface area (Å²) in [5.41, 5.74) is 1.90. The summed E-state index contributed by atoms with van der Waals surface area (Å²) in [7, 11) is 1.34. The maximum Gasteiger partial charge on any atom is 0.228 e. The molecule has 0 aromatic heterocycles. The summed E-state index contributed by atoms with van der Waals surface area (Å²) in [6.45, 7) is 8.67. The van der Waals surface area contributed by atoms with Gasteiger partial charge >= 0.3 is 0 Å². The highest BCUT2D eigenvalue weighted by Crippen LogP contribution is 2.47. The van der Waals surface area contributed by atoms with E-state index in [-0.39, 0.29) is 42.1 Å². The molecule has 2 unspecified atom stereocenters. The van der Waals surface area contributed by atoms with Gasteiger partial charge in [0.1, 0.15) is 17.6 Å². The van der Waals surface area contributed by atoms with E-state index in [1.807, 2.05) is 30.3 Å². The van der Waals surface area contributed by atoms with Crippen LogP contribution in [0.5, 0.6) is 11.5 Å². The predicted octanol–water partition coefficient (Wildman–Crippen LogP) is 4.09. The molecule has 202 valence electrons. The molecule has 0 aliphatic carbocycles. The van der Waals surface area contributed by atoms with Crippen LogP contribution in [0.25, 0.3) is 0 Å². The quantitative estimate of drug-likeness (QED) is 0.427. The van der Waals surface area contributed by atoms with Crippen LogP contribution in [0, 0.1) is 11.8 Å². The summed E-state index contributed by atoms with van der Waals surface area (Å²) < 4.78 is 18.1. The standard InChI is InChI=1S/C29H42N2O5Si/c1-19-27(35-3)24-17-21(31-29(33)20-7-6-15-30-18-20)8-13-25(24)36-28(19)26(14-16-32)37(4,5)23-11-9-22(34-2)10-12-23/h8-13,17,19-20,26-28,30,32H,6-7,14-16,18H2,1-5H3,(H,31,33)/t19-,20?,26?,27-,28-/m0/s1. The van der Waals surface area contributed by atoms with Gasteiger partial charge in [-0.25, -0.2) is 0 Å². The average Bonchev–Trinajstić information content (AvgIpc) is 2.92. The first-order valence-corrected chi connectivity index (χ1v) is 16.5. The normalized spacial score (nSPS) is 24.5. The number of ether oxygens (including phenoxy) is 3. The Hall–Kier alpha value is -2.39. The van der Waals surface area contributed by atoms with Gasteiger partial charge in [0.15, 0.2) is 0 Å². The van der Waals surface area contributed by atoms with E-state index in [0.717, 1.165) is 48.7 Å². The molecule has 0 radical (unpaired) electrons. The second-order valence-electron chi connectivity index (χ2n) is 11.0. The molecule has 2 aromatic rings. The zero-order valence-electron chi connectivity index (χ0n) is 22.8. The number of carbonyl (C=O) groups is 1. The molecule has 0 spiro atoms. The lowest BCUT2D eigenvalue weighted by molar-refractivity contribution is -0.120. The number of aliphatic hydroxyl groups excluding tert-OH is 1. The van der Waals surface area contributed by atoms with Gasteiger partial charge in [-0.05, 0) is 61.7 Å². The first kappa shape index (κ1) is 27.6. The fourth-order valence-electron chi connectivity index (χ4n) is 6.08. The molecular weight excluding hydrogens is 484 g/mol. The number of piperidine rings is 1. The van der Waals surface area contributed by atoms with E-state index in [2.05, 4.69) is 42.8 Å². The third-order valence-corrected chi connectivity index (χ3v) is 12.7. The zero-order chi connectivity index (χ0) is 26.6. The summed E-state index contributed by atoms with van der Waals surface area (Å²) in [6.07, 6.45) is 2.31. The molecule has 2 aliphatic rings. The second-order valence-corrected chi connectivity index (χ2v) is 15.7. The van der Waals surface area contributed by atoms with Crippen LogP contribution in [-0.4, -0.2) is 59.1 Å². The van der Waals surface area contributed by atoms with E-state index >= 15 is 0 Å². The molecule has 3 N–H and O–H groups in total. The molecular formula is C29H42N2O5Si. The van der Waals surface area contributed by atoms with Gasteiger partial charge in [0.05, 0.1) is 27.2 Å². The predicted molar refractivity (Wildman–Crippen MR) is 150 cm³/mol. The molecule has 2 aliphatic heterocycles. The Balaban J connectivity index is 1.60. The van der Waals surface area contributed by atoms with E-state index in [9.17, 15) is 9.90 Å².